The molecule has 1 spiro atoms. The number of piperidine rings is 1. The lowest BCUT2D eigenvalue weighted by atomic mass is 9.90. The number of rotatable bonds is 4. The van der Waals surface area contributed by atoms with E-state index in [1.807, 2.05) is 49.9 Å². The average Bonchev–Trinajstić information content (AvgIpc) is 3.34. The second kappa shape index (κ2) is 7.93. The van der Waals surface area contributed by atoms with Gasteiger partial charge in [0, 0.05) is 37.1 Å². The fourth-order valence-corrected chi connectivity index (χ4v) is 5.19. The Morgan fingerprint density at radius 3 is 2.61 bits per heavy atom. The van der Waals surface area contributed by atoms with Crippen molar-refractivity contribution in [1.82, 2.24) is 25.1 Å². The Kier molecular flexibility index (Phi) is 5.18. The summed E-state index contributed by atoms with van der Waals surface area (Å²) in [5.74, 6) is 0.218. The zero-order valence-electron chi connectivity index (χ0n) is 19.6. The zero-order chi connectivity index (χ0) is 23.3. The lowest BCUT2D eigenvalue weighted by molar-refractivity contribution is -0.133. The molecule has 2 aliphatic rings. The molecule has 1 aromatic carbocycles. The molecule has 5 rings (SSSR count). The molecule has 1 saturated carbocycles. The smallest absolute Gasteiger partial charge is 0.254 e. The van der Waals surface area contributed by atoms with Gasteiger partial charge in [-0.3, -0.25) is 14.6 Å². The third-order valence-electron chi connectivity index (χ3n) is 7.37. The van der Waals surface area contributed by atoms with Gasteiger partial charge >= 0.3 is 0 Å². The summed E-state index contributed by atoms with van der Waals surface area (Å²) >= 11 is 0. The molecule has 2 amide bonds. The maximum atomic E-state index is 13.4. The fourth-order valence-electron chi connectivity index (χ4n) is 5.19. The fraction of sp³-hybridized carbons (Fsp3) is 0.480. The van der Waals surface area contributed by atoms with Crippen LogP contribution in [0.3, 0.4) is 0 Å². The van der Waals surface area contributed by atoms with Crippen LogP contribution in [-0.4, -0.2) is 57.0 Å². The van der Waals surface area contributed by atoms with Crippen molar-refractivity contribution in [3.8, 4) is 0 Å². The van der Waals surface area contributed by atoms with E-state index in [4.69, 9.17) is 4.63 Å². The second-order valence-corrected chi connectivity index (χ2v) is 9.73. The van der Waals surface area contributed by atoms with Gasteiger partial charge in [-0.2, -0.15) is 0 Å². The molecule has 1 saturated heterocycles. The summed E-state index contributed by atoms with van der Waals surface area (Å²) in [6, 6.07) is 7.94. The number of hydrogen-bond acceptors (Lipinski definition) is 6. The van der Waals surface area contributed by atoms with Gasteiger partial charge in [0.2, 0.25) is 5.91 Å². The third kappa shape index (κ3) is 3.87. The number of carbonyl (C=O) groups is 2. The number of likely N-dealkylation sites (tertiary alicyclic amines) is 1. The van der Waals surface area contributed by atoms with Crippen LogP contribution in [0.2, 0.25) is 0 Å². The minimum Gasteiger partial charge on any atom is -0.339 e. The van der Waals surface area contributed by atoms with Crippen molar-refractivity contribution in [2.45, 2.75) is 46.6 Å². The number of benzene rings is 1. The first-order chi connectivity index (χ1) is 15.8. The summed E-state index contributed by atoms with van der Waals surface area (Å²) in [5.41, 5.74) is 4.95. The molecule has 33 heavy (non-hydrogen) atoms. The van der Waals surface area contributed by atoms with Crippen LogP contribution in [0.1, 0.15) is 52.3 Å². The average molecular weight is 448 g/mol. The van der Waals surface area contributed by atoms with Crippen LogP contribution in [0.5, 0.6) is 0 Å². The van der Waals surface area contributed by atoms with Crippen molar-refractivity contribution in [1.29, 1.82) is 0 Å². The number of aromatic nitrogens is 3. The van der Waals surface area contributed by atoms with Gasteiger partial charge in [0.05, 0.1) is 17.6 Å². The highest BCUT2D eigenvalue weighted by Gasteiger charge is 2.59. The van der Waals surface area contributed by atoms with Crippen LogP contribution in [0.4, 0.5) is 0 Å². The summed E-state index contributed by atoms with van der Waals surface area (Å²) in [6.07, 6.45) is 2.61. The standard InChI is InChI=1S/C25H29N5O3/c1-15-5-6-21-18(11-15)19(12-16(2)26-21)23(31)30-9-7-25(8-10-30)13-20(25)24(32)29(4)14-22-17(3)27-33-28-22/h5-6,11-12,20H,7-10,13-14H2,1-4H3/t20-/m1/s1. The predicted octanol–water partition coefficient (Wildman–Crippen LogP) is 3.44. The van der Waals surface area contributed by atoms with Crippen LogP contribution in [0.25, 0.3) is 10.9 Å². The van der Waals surface area contributed by atoms with Crippen LogP contribution in [0.15, 0.2) is 28.9 Å². The summed E-state index contributed by atoms with van der Waals surface area (Å²) in [6.45, 7) is 7.53. The Morgan fingerprint density at radius 2 is 1.91 bits per heavy atom. The molecular formula is C25H29N5O3. The zero-order valence-corrected chi connectivity index (χ0v) is 19.6. The van der Waals surface area contributed by atoms with Gasteiger partial charge in [-0.05, 0) is 63.6 Å². The van der Waals surface area contributed by atoms with Gasteiger partial charge < -0.3 is 9.80 Å². The van der Waals surface area contributed by atoms with Crippen LogP contribution in [0, 0.1) is 32.1 Å². The topological polar surface area (TPSA) is 92.4 Å². The first-order valence-electron chi connectivity index (χ1n) is 11.5. The maximum Gasteiger partial charge on any atom is 0.254 e. The van der Waals surface area contributed by atoms with E-state index in [9.17, 15) is 9.59 Å². The van der Waals surface area contributed by atoms with Gasteiger partial charge in [0.1, 0.15) is 11.4 Å². The normalized spacial score (nSPS) is 19.2. The monoisotopic (exact) mass is 447 g/mol. The number of hydrogen-bond donors (Lipinski definition) is 0. The van der Waals surface area contributed by atoms with Gasteiger partial charge in [-0.25, -0.2) is 4.63 Å². The predicted molar refractivity (Wildman–Crippen MR) is 122 cm³/mol. The first kappa shape index (κ1) is 21.6. The molecule has 8 nitrogen and oxygen atoms in total. The van der Waals surface area contributed by atoms with E-state index in [0.29, 0.717) is 31.0 Å². The molecule has 0 bridgehead atoms. The number of pyridine rings is 1. The Balaban J connectivity index is 1.25. The molecule has 8 heteroatoms. The number of fused-ring (bicyclic) bond motifs is 1. The summed E-state index contributed by atoms with van der Waals surface area (Å²) < 4.78 is 4.74. The van der Waals surface area contributed by atoms with Crippen LogP contribution < -0.4 is 0 Å². The molecule has 2 aromatic heterocycles. The van der Waals surface area contributed by atoms with Crippen molar-refractivity contribution < 1.29 is 14.2 Å². The van der Waals surface area contributed by atoms with Gasteiger partial charge in [-0.15, -0.1) is 0 Å². The highest BCUT2D eigenvalue weighted by atomic mass is 16.6. The van der Waals surface area contributed by atoms with E-state index in [1.54, 1.807) is 11.9 Å². The van der Waals surface area contributed by atoms with Crippen LogP contribution in [-0.2, 0) is 11.3 Å². The molecule has 1 aliphatic carbocycles. The highest BCUT2D eigenvalue weighted by Crippen LogP contribution is 2.60. The number of nitrogens with zero attached hydrogens (tertiary/aromatic N) is 5. The minimum absolute atomic E-state index is 0.0199. The second-order valence-electron chi connectivity index (χ2n) is 9.73. The molecule has 0 N–H and O–H groups in total. The van der Waals surface area contributed by atoms with Gasteiger partial charge in [0.15, 0.2) is 0 Å². The van der Waals surface area contributed by atoms with E-state index >= 15 is 0 Å². The largest absolute Gasteiger partial charge is 0.339 e. The number of amides is 2. The first-order valence-corrected chi connectivity index (χ1v) is 11.5. The van der Waals surface area contributed by atoms with E-state index in [2.05, 4.69) is 15.3 Å². The molecule has 3 heterocycles. The van der Waals surface area contributed by atoms with E-state index < -0.39 is 0 Å². The molecule has 0 radical (unpaired) electrons. The van der Waals surface area contributed by atoms with E-state index in [-0.39, 0.29) is 23.1 Å². The maximum absolute atomic E-state index is 13.4. The van der Waals surface area contributed by atoms with Crippen molar-refractivity contribution >= 4 is 22.7 Å². The minimum atomic E-state index is 0.0199. The lowest BCUT2D eigenvalue weighted by Gasteiger charge is -2.33. The Bertz CT molecular complexity index is 1240. The van der Waals surface area contributed by atoms with Gasteiger partial charge in [0.25, 0.3) is 5.91 Å². The molecule has 1 aliphatic heterocycles. The summed E-state index contributed by atoms with van der Waals surface area (Å²) in [4.78, 5) is 34.7. The molecular weight excluding hydrogens is 418 g/mol. The Labute approximate surface area is 192 Å². The van der Waals surface area contributed by atoms with Crippen molar-refractivity contribution in [3.05, 3.63) is 52.5 Å². The molecule has 0 unspecified atom stereocenters. The summed E-state index contributed by atoms with van der Waals surface area (Å²) in [7, 11) is 1.81. The number of aryl methyl sites for hydroxylation is 3. The Morgan fingerprint density at radius 1 is 1.15 bits per heavy atom. The van der Waals surface area contributed by atoms with E-state index in [1.165, 1.54) is 0 Å². The molecule has 172 valence electrons. The molecule has 1 atom stereocenters. The molecule has 3 aromatic rings. The third-order valence-corrected chi connectivity index (χ3v) is 7.37. The van der Waals surface area contributed by atoms with E-state index in [0.717, 1.165) is 47.0 Å². The van der Waals surface area contributed by atoms with Gasteiger partial charge in [-0.1, -0.05) is 21.9 Å². The van der Waals surface area contributed by atoms with Crippen molar-refractivity contribution in [2.75, 3.05) is 20.1 Å². The highest BCUT2D eigenvalue weighted by molar-refractivity contribution is 6.06. The number of carbonyl (C=O) groups excluding carboxylic acids is 2. The SMILES string of the molecule is Cc1ccc2nc(C)cc(C(=O)N3CCC4(CC3)C[C@@H]4C(=O)N(C)Cc3nonc3C)c2c1. The van der Waals surface area contributed by atoms with Crippen molar-refractivity contribution in [3.63, 3.8) is 0 Å². The molecule has 2 fully saturated rings. The summed E-state index contributed by atoms with van der Waals surface area (Å²) in [5, 5.41) is 8.58. The quantitative estimate of drug-likeness (QED) is 0.608. The Hall–Kier alpha value is -3.29. The van der Waals surface area contributed by atoms with Crippen molar-refractivity contribution in [2.24, 2.45) is 11.3 Å². The van der Waals surface area contributed by atoms with Crippen LogP contribution >= 0.6 is 0 Å². The lowest BCUT2D eigenvalue weighted by Crippen LogP contribution is -2.41.